The third-order valence-corrected chi connectivity index (χ3v) is 3.93. The van der Waals surface area contributed by atoms with Crippen LogP contribution in [0.25, 0.3) is 11.0 Å². The van der Waals surface area contributed by atoms with Crippen LogP contribution in [0.2, 0.25) is 0 Å². The van der Waals surface area contributed by atoms with Crippen LogP contribution in [0.15, 0.2) is 53.1 Å². The molecule has 0 atom stereocenters. The second-order valence-electron chi connectivity index (χ2n) is 4.98. The maximum Gasteiger partial charge on any atom is 0.256 e. The number of carbonyl (C=O) groups excluding carboxylic acids is 1. The molecule has 122 valence electrons. The second-order valence-corrected chi connectivity index (χ2v) is 5.84. The molecule has 2 heterocycles. The monoisotopic (exact) mass is 386 g/mol. The molecule has 6 nitrogen and oxygen atoms in total. The van der Waals surface area contributed by atoms with E-state index in [1.54, 1.807) is 30.5 Å². The number of carbonyl (C=O) groups is 1. The van der Waals surface area contributed by atoms with Gasteiger partial charge < -0.3 is 15.8 Å². The molecule has 0 bridgehead atoms. The molecular weight excluding hydrogens is 372 g/mol. The van der Waals surface area contributed by atoms with E-state index >= 15 is 0 Å². The van der Waals surface area contributed by atoms with Crippen molar-refractivity contribution in [3.05, 3.63) is 58.7 Å². The van der Waals surface area contributed by atoms with E-state index in [0.29, 0.717) is 35.9 Å². The molecule has 0 aliphatic heterocycles. The molecule has 0 unspecified atom stereocenters. The number of pyridine rings is 2. The fraction of sp³-hybridized carbons (Fsp3) is 0.118. The van der Waals surface area contributed by atoms with Gasteiger partial charge in [0, 0.05) is 23.7 Å². The van der Waals surface area contributed by atoms with Crippen LogP contribution in [0.1, 0.15) is 10.4 Å². The van der Waals surface area contributed by atoms with Gasteiger partial charge in [-0.2, -0.15) is 0 Å². The summed E-state index contributed by atoms with van der Waals surface area (Å²) >= 11 is 3.39. The summed E-state index contributed by atoms with van der Waals surface area (Å²) in [6.45, 7) is 0.776. The standard InChI is InChI=1S/C17H15BrN4O2/c18-13-5-3-12(10-14(13)24-9-7-19)17(23)22-15-6-4-11-2-1-8-20-16(11)21-15/h1-6,8,10H,7,9,19H2,(H,20,21,22,23). The third-order valence-electron chi connectivity index (χ3n) is 3.27. The van der Waals surface area contributed by atoms with Crippen LogP contribution >= 0.6 is 15.9 Å². The number of nitrogens with zero attached hydrogens (tertiary/aromatic N) is 2. The Morgan fingerprint density at radius 2 is 2.12 bits per heavy atom. The van der Waals surface area contributed by atoms with Gasteiger partial charge in [-0.05, 0) is 58.4 Å². The number of nitrogens with one attached hydrogen (secondary N) is 1. The number of rotatable bonds is 5. The number of ether oxygens (including phenoxy) is 1. The molecule has 3 aromatic rings. The Bertz CT molecular complexity index is 885. The number of fused-ring (bicyclic) bond motifs is 1. The molecule has 0 saturated heterocycles. The molecule has 0 saturated carbocycles. The number of hydrogen-bond donors (Lipinski definition) is 2. The Hall–Kier alpha value is -2.51. The van der Waals surface area contributed by atoms with Gasteiger partial charge >= 0.3 is 0 Å². The van der Waals surface area contributed by atoms with Gasteiger partial charge in [-0.1, -0.05) is 0 Å². The number of hydrogen-bond acceptors (Lipinski definition) is 5. The Labute approximate surface area is 147 Å². The van der Waals surface area contributed by atoms with Gasteiger partial charge in [0.05, 0.1) is 4.47 Å². The highest BCUT2D eigenvalue weighted by molar-refractivity contribution is 9.10. The number of amides is 1. The van der Waals surface area contributed by atoms with Crippen molar-refractivity contribution >= 4 is 38.7 Å². The highest BCUT2D eigenvalue weighted by atomic mass is 79.9. The van der Waals surface area contributed by atoms with Gasteiger partial charge in [-0.25, -0.2) is 9.97 Å². The maximum absolute atomic E-state index is 12.4. The van der Waals surface area contributed by atoms with E-state index in [1.165, 1.54) is 0 Å². The minimum Gasteiger partial charge on any atom is -0.491 e. The van der Waals surface area contributed by atoms with Crippen molar-refractivity contribution in [2.75, 3.05) is 18.5 Å². The first kappa shape index (κ1) is 16.4. The molecule has 0 radical (unpaired) electrons. The van der Waals surface area contributed by atoms with Crippen molar-refractivity contribution in [2.45, 2.75) is 0 Å². The van der Waals surface area contributed by atoms with Crippen molar-refractivity contribution in [2.24, 2.45) is 5.73 Å². The normalized spacial score (nSPS) is 10.6. The summed E-state index contributed by atoms with van der Waals surface area (Å²) < 4.78 is 6.27. The molecule has 3 N–H and O–H groups in total. The molecule has 1 amide bonds. The Morgan fingerprint density at radius 3 is 2.96 bits per heavy atom. The van der Waals surface area contributed by atoms with Crippen LogP contribution in [0, 0.1) is 0 Å². The van der Waals surface area contributed by atoms with Gasteiger partial charge in [-0.3, -0.25) is 4.79 Å². The topological polar surface area (TPSA) is 90.1 Å². The molecular formula is C17H15BrN4O2. The Balaban J connectivity index is 1.80. The van der Waals surface area contributed by atoms with Crippen LogP contribution in [0.3, 0.4) is 0 Å². The summed E-state index contributed by atoms with van der Waals surface area (Å²) in [6.07, 6.45) is 1.66. The van der Waals surface area contributed by atoms with E-state index < -0.39 is 0 Å². The van der Waals surface area contributed by atoms with E-state index in [1.807, 2.05) is 18.2 Å². The summed E-state index contributed by atoms with van der Waals surface area (Å²) in [4.78, 5) is 20.9. The van der Waals surface area contributed by atoms with Gasteiger partial charge in [0.1, 0.15) is 18.2 Å². The molecule has 1 aromatic carbocycles. The minimum atomic E-state index is -0.275. The average molecular weight is 387 g/mol. The van der Waals surface area contributed by atoms with Crippen LogP contribution in [0.5, 0.6) is 5.75 Å². The van der Waals surface area contributed by atoms with Crippen molar-refractivity contribution in [1.82, 2.24) is 9.97 Å². The first-order chi connectivity index (χ1) is 11.7. The van der Waals surface area contributed by atoms with E-state index in [9.17, 15) is 4.79 Å². The molecule has 0 fully saturated rings. The maximum atomic E-state index is 12.4. The second kappa shape index (κ2) is 7.37. The van der Waals surface area contributed by atoms with Crippen molar-refractivity contribution in [1.29, 1.82) is 0 Å². The molecule has 0 aliphatic rings. The Kier molecular flexibility index (Phi) is 5.02. The van der Waals surface area contributed by atoms with Gasteiger partial charge in [0.25, 0.3) is 5.91 Å². The highest BCUT2D eigenvalue weighted by Crippen LogP contribution is 2.26. The summed E-state index contributed by atoms with van der Waals surface area (Å²) in [5.74, 6) is 0.739. The van der Waals surface area contributed by atoms with Crippen molar-refractivity contribution in [3.8, 4) is 5.75 Å². The van der Waals surface area contributed by atoms with Crippen molar-refractivity contribution in [3.63, 3.8) is 0 Å². The quantitative estimate of drug-likeness (QED) is 0.703. The van der Waals surface area contributed by atoms with E-state index in [0.717, 1.165) is 9.86 Å². The van der Waals surface area contributed by atoms with Crippen LogP contribution in [-0.2, 0) is 0 Å². The van der Waals surface area contributed by atoms with E-state index in [-0.39, 0.29) is 5.91 Å². The first-order valence-electron chi connectivity index (χ1n) is 7.33. The fourth-order valence-corrected chi connectivity index (χ4v) is 2.50. The summed E-state index contributed by atoms with van der Waals surface area (Å²) in [5.41, 5.74) is 6.49. The van der Waals surface area contributed by atoms with E-state index in [4.69, 9.17) is 10.5 Å². The van der Waals surface area contributed by atoms with Crippen molar-refractivity contribution < 1.29 is 9.53 Å². The first-order valence-corrected chi connectivity index (χ1v) is 8.12. The SMILES string of the molecule is NCCOc1cc(C(=O)Nc2ccc3cccnc3n2)ccc1Br. The number of benzene rings is 1. The zero-order chi connectivity index (χ0) is 16.9. The fourth-order valence-electron chi connectivity index (χ4n) is 2.14. The molecule has 0 spiro atoms. The van der Waals surface area contributed by atoms with E-state index in [2.05, 4.69) is 31.2 Å². The molecule has 3 rings (SSSR count). The van der Waals surface area contributed by atoms with Crippen LogP contribution < -0.4 is 15.8 Å². The molecule has 0 aliphatic carbocycles. The number of aromatic nitrogens is 2. The lowest BCUT2D eigenvalue weighted by molar-refractivity contribution is 0.102. The lowest BCUT2D eigenvalue weighted by Gasteiger charge is -2.10. The van der Waals surface area contributed by atoms with Gasteiger partial charge in [0.15, 0.2) is 5.65 Å². The molecule has 2 aromatic heterocycles. The average Bonchev–Trinajstić information content (AvgIpc) is 2.61. The van der Waals surface area contributed by atoms with Gasteiger partial charge in [-0.15, -0.1) is 0 Å². The number of anilines is 1. The third kappa shape index (κ3) is 3.69. The summed E-state index contributed by atoms with van der Waals surface area (Å²) in [6, 6.07) is 12.5. The summed E-state index contributed by atoms with van der Waals surface area (Å²) in [7, 11) is 0. The smallest absolute Gasteiger partial charge is 0.256 e. The molecule has 24 heavy (non-hydrogen) atoms. The zero-order valence-electron chi connectivity index (χ0n) is 12.7. The van der Waals surface area contributed by atoms with Crippen LogP contribution in [-0.4, -0.2) is 29.0 Å². The predicted molar refractivity (Wildman–Crippen MR) is 96.2 cm³/mol. The largest absolute Gasteiger partial charge is 0.491 e. The number of halogens is 1. The lowest BCUT2D eigenvalue weighted by Crippen LogP contribution is -2.14. The van der Waals surface area contributed by atoms with Gasteiger partial charge in [0.2, 0.25) is 0 Å². The minimum absolute atomic E-state index is 0.275. The Morgan fingerprint density at radius 1 is 1.25 bits per heavy atom. The lowest BCUT2D eigenvalue weighted by atomic mass is 10.2. The summed E-state index contributed by atoms with van der Waals surface area (Å²) in [5, 5.41) is 3.68. The molecule has 7 heteroatoms. The van der Waals surface area contributed by atoms with Crippen LogP contribution in [0.4, 0.5) is 5.82 Å². The highest BCUT2D eigenvalue weighted by Gasteiger charge is 2.11. The number of nitrogens with two attached hydrogens (primary N) is 1. The zero-order valence-corrected chi connectivity index (χ0v) is 14.3. The predicted octanol–water partition coefficient (Wildman–Crippen LogP) is 2.98.